The van der Waals surface area contributed by atoms with E-state index in [1.54, 1.807) is 55.5 Å². The number of hydrogen-bond donors (Lipinski definition) is 3. The van der Waals surface area contributed by atoms with Crippen molar-refractivity contribution in [1.82, 2.24) is 0 Å². The van der Waals surface area contributed by atoms with Crippen LogP contribution in [0.2, 0.25) is 0 Å². The standard InChI is InChI=1S/C15H17N3O2/c1-10(16)15(19)18-12-4-8-14(9-5-12)20-13-6-2-11(17)3-7-13/h2-10H,16-17H2,1H3,(H,18,19). The van der Waals surface area contributed by atoms with Crippen LogP contribution in [0, 0.1) is 0 Å². The van der Waals surface area contributed by atoms with E-state index in [9.17, 15) is 4.79 Å². The fraction of sp³-hybridized carbons (Fsp3) is 0.133. The first-order valence-corrected chi connectivity index (χ1v) is 6.24. The minimum Gasteiger partial charge on any atom is -0.457 e. The zero-order valence-corrected chi connectivity index (χ0v) is 11.2. The van der Waals surface area contributed by atoms with E-state index in [0.29, 0.717) is 22.9 Å². The Bertz CT molecular complexity index is 577. The van der Waals surface area contributed by atoms with Crippen molar-refractivity contribution < 1.29 is 9.53 Å². The molecule has 0 radical (unpaired) electrons. The molecule has 0 heterocycles. The SMILES string of the molecule is CC(N)C(=O)Nc1ccc(Oc2ccc(N)cc2)cc1. The predicted molar refractivity (Wildman–Crippen MR) is 79.6 cm³/mol. The van der Waals surface area contributed by atoms with Crippen LogP contribution in [0.5, 0.6) is 11.5 Å². The number of rotatable bonds is 4. The van der Waals surface area contributed by atoms with Crippen LogP contribution < -0.4 is 21.5 Å². The quantitative estimate of drug-likeness (QED) is 0.744. The second kappa shape index (κ2) is 6.08. The number of nitrogen functional groups attached to an aromatic ring is 1. The van der Waals surface area contributed by atoms with Gasteiger partial charge in [0, 0.05) is 11.4 Å². The Hall–Kier alpha value is -2.53. The van der Waals surface area contributed by atoms with Gasteiger partial charge in [-0.1, -0.05) is 0 Å². The molecule has 0 spiro atoms. The lowest BCUT2D eigenvalue weighted by Gasteiger charge is -2.09. The van der Waals surface area contributed by atoms with Gasteiger partial charge in [0.05, 0.1) is 6.04 Å². The van der Waals surface area contributed by atoms with Crippen LogP contribution in [0.3, 0.4) is 0 Å². The van der Waals surface area contributed by atoms with Gasteiger partial charge in [-0.2, -0.15) is 0 Å². The Morgan fingerprint density at radius 2 is 1.55 bits per heavy atom. The van der Waals surface area contributed by atoms with Crippen LogP contribution in [0.25, 0.3) is 0 Å². The van der Waals surface area contributed by atoms with Gasteiger partial charge >= 0.3 is 0 Å². The van der Waals surface area contributed by atoms with Gasteiger partial charge in [-0.3, -0.25) is 4.79 Å². The number of benzene rings is 2. The van der Waals surface area contributed by atoms with Crippen molar-refractivity contribution >= 4 is 17.3 Å². The molecule has 0 bridgehead atoms. The van der Waals surface area contributed by atoms with E-state index in [1.807, 2.05) is 0 Å². The second-order valence-electron chi connectivity index (χ2n) is 4.47. The molecule has 0 saturated carbocycles. The average Bonchev–Trinajstić information content (AvgIpc) is 2.43. The molecule has 5 N–H and O–H groups in total. The molecule has 0 aromatic heterocycles. The fourth-order valence-electron chi connectivity index (χ4n) is 1.53. The third-order valence-corrected chi connectivity index (χ3v) is 2.65. The summed E-state index contributed by atoms with van der Waals surface area (Å²) in [6.07, 6.45) is 0. The molecule has 5 heteroatoms. The lowest BCUT2D eigenvalue weighted by molar-refractivity contribution is -0.117. The maximum Gasteiger partial charge on any atom is 0.240 e. The smallest absolute Gasteiger partial charge is 0.240 e. The van der Waals surface area contributed by atoms with Crippen molar-refractivity contribution in [3.63, 3.8) is 0 Å². The van der Waals surface area contributed by atoms with Gasteiger partial charge < -0.3 is 21.5 Å². The Kier molecular flexibility index (Phi) is 4.22. The molecule has 1 atom stereocenters. The van der Waals surface area contributed by atoms with Crippen molar-refractivity contribution in [3.05, 3.63) is 48.5 Å². The summed E-state index contributed by atoms with van der Waals surface area (Å²) in [6, 6.07) is 13.6. The third-order valence-electron chi connectivity index (χ3n) is 2.65. The maximum atomic E-state index is 11.4. The first kappa shape index (κ1) is 13.9. The molecule has 104 valence electrons. The minimum absolute atomic E-state index is 0.225. The summed E-state index contributed by atoms with van der Waals surface area (Å²) >= 11 is 0. The van der Waals surface area contributed by atoms with Crippen molar-refractivity contribution in [1.29, 1.82) is 0 Å². The number of carbonyl (C=O) groups is 1. The van der Waals surface area contributed by atoms with Crippen molar-refractivity contribution in [3.8, 4) is 11.5 Å². The van der Waals surface area contributed by atoms with Gasteiger partial charge in [-0.05, 0) is 55.5 Å². The van der Waals surface area contributed by atoms with E-state index in [4.69, 9.17) is 16.2 Å². The predicted octanol–water partition coefficient (Wildman–Crippen LogP) is 2.35. The average molecular weight is 271 g/mol. The fourth-order valence-corrected chi connectivity index (χ4v) is 1.53. The summed E-state index contributed by atoms with van der Waals surface area (Å²) in [6.45, 7) is 1.63. The highest BCUT2D eigenvalue weighted by atomic mass is 16.5. The summed E-state index contributed by atoms with van der Waals surface area (Å²) < 4.78 is 5.65. The zero-order chi connectivity index (χ0) is 14.5. The highest BCUT2D eigenvalue weighted by Crippen LogP contribution is 2.23. The zero-order valence-electron chi connectivity index (χ0n) is 11.2. The molecule has 0 saturated heterocycles. The normalized spacial score (nSPS) is 11.7. The molecule has 1 unspecified atom stereocenters. The number of carbonyl (C=O) groups excluding carboxylic acids is 1. The molecule has 0 aliphatic heterocycles. The van der Waals surface area contributed by atoms with Gasteiger partial charge in [-0.25, -0.2) is 0 Å². The van der Waals surface area contributed by atoms with E-state index in [2.05, 4.69) is 5.32 Å². The van der Waals surface area contributed by atoms with Gasteiger partial charge in [0.2, 0.25) is 5.91 Å². The Labute approximate surface area is 117 Å². The van der Waals surface area contributed by atoms with Gasteiger partial charge in [0.25, 0.3) is 0 Å². The van der Waals surface area contributed by atoms with Crippen molar-refractivity contribution in [2.45, 2.75) is 13.0 Å². The highest BCUT2D eigenvalue weighted by molar-refractivity contribution is 5.94. The molecule has 0 aliphatic carbocycles. The van der Waals surface area contributed by atoms with E-state index in [-0.39, 0.29) is 5.91 Å². The molecular weight excluding hydrogens is 254 g/mol. The highest BCUT2D eigenvalue weighted by Gasteiger charge is 2.07. The third kappa shape index (κ3) is 3.73. The van der Waals surface area contributed by atoms with Crippen LogP contribution in [-0.2, 0) is 4.79 Å². The monoisotopic (exact) mass is 271 g/mol. The van der Waals surface area contributed by atoms with Crippen LogP contribution >= 0.6 is 0 Å². The Balaban J connectivity index is 2.01. The van der Waals surface area contributed by atoms with Gasteiger partial charge in [0.1, 0.15) is 11.5 Å². The number of anilines is 2. The molecule has 2 aromatic rings. The van der Waals surface area contributed by atoms with E-state index in [1.165, 1.54) is 0 Å². The number of nitrogens with two attached hydrogens (primary N) is 2. The van der Waals surface area contributed by atoms with Crippen LogP contribution in [0.15, 0.2) is 48.5 Å². The molecule has 20 heavy (non-hydrogen) atoms. The van der Waals surface area contributed by atoms with E-state index >= 15 is 0 Å². The number of hydrogen-bond acceptors (Lipinski definition) is 4. The lowest BCUT2D eigenvalue weighted by atomic mass is 10.2. The molecule has 0 fully saturated rings. The molecular formula is C15H17N3O2. The molecule has 5 nitrogen and oxygen atoms in total. The largest absolute Gasteiger partial charge is 0.457 e. The topological polar surface area (TPSA) is 90.4 Å². The van der Waals surface area contributed by atoms with Crippen LogP contribution in [0.4, 0.5) is 11.4 Å². The van der Waals surface area contributed by atoms with Crippen LogP contribution in [-0.4, -0.2) is 11.9 Å². The second-order valence-corrected chi connectivity index (χ2v) is 4.47. The summed E-state index contributed by atoms with van der Waals surface area (Å²) in [5.41, 5.74) is 12.4. The van der Waals surface area contributed by atoms with Crippen molar-refractivity contribution in [2.75, 3.05) is 11.1 Å². The first-order valence-electron chi connectivity index (χ1n) is 6.24. The van der Waals surface area contributed by atoms with E-state index < -0.39 is 6.04 Å². The summed E-state index contributed by atoms with van der Waals surface area (Å²) in [4.78, 5) is 11.4. The summed E-state index contributed by atoms with van der Waals surface area (Å²) in [7, 11) is 0. The van der Waals surface area contributed by atoms with E-state index in [0.717, 1.165) is 0 Å². The lowest BCUT2D eigenvalue weighted by Crippen LogP contribution is -2.32. The Morgan fingerprint density at radius 1 is 1.05 bits per heavy atom. The number of amides is 1. The summed E-state index contributed by atoms with van der Waals surface area (Å²) in [5, 5.41) is 2.70. The minimum atomic E-state index is -0.541. The van der Waals surface area contributed by atoms with Crippen LogP contribution in [0.1, 0.15) is 6.92 Å². The first-order chi connectivity index (χ1) is 9.54. The van der Waals surface area contributed by atoms with Crippen molar-refractivity contribution in [2.24, 2.45) is 5.73 Å². The van der Waals surface area contributed by atoms with Gasteiger partial charge in [0.15, 0.2) is 0 Å². The molecule has 0 aliphatic rings. The molecule has 2 aromatic carbocycles. The van der Waals surface area contributed by atoms with Gasteiger partial charge in [-0.15, -0.1) is 0 Å². The summed E-state index contributed by atoms with van der Waals surface area (Å²) in [5.74, 6) is 1.15. The molecule has 1 amide bonds. The number of nitrogens with one attached hydrogen (secondary N) is 1. The molecule has 2 rings (SSSR count). The Morgan fingerprint density at radius 3 is 2.05 bits per heavy atom. The number of ether oxygens (including phenoxy) is 1. The maximum absolute atomic E-state index is 11.4.